The standard InChI is InChI=1S/C17H28O/c1-14-7-3-2-4-8-15-9-5-10-16(15)11-6-12-17(18)13-14/h6,12,14-16H,2-5,7-11,13H2,1H3/b12-6+/t14-,15?,16?/m0/s1. The van der Waals surface area contributed by atoms with E-state index >= 15 is 0 Å². The minimum atomic E-state index is 0.344. The Labute approximate surface area is 112 Å². The highest BCUT2D eigenvalue weighted by molar-refractivity contribution is 5.89. The van der Waals surface area contributed by atoms with Gasteiger partial charge in [-0.25, -0.2) is 0 Å². The predicted molar refractivity (Wildman–Crippen MR) is 76.5 cm³/mol. The minimum absolute atomic E-state index is 0.344. The van der Waals surface area contributed by atoms with E-state index in [1.165, 1.54) is 51.4 Å². The van der Waals surface area contributed by atoms with Crippen molar-refractivity contribution in [3.8, 4) is 0 Å². The molecule has 0 amide bonds. The van der Waals surface area contributed by atoms with Gasteiger partial charge in [-0.15, -0.1) is 0 Å². The summed E-state index contributed by atoms with van der Waals surface area (Å²) in [6.07, 6.45) is 16.9. The van der Waals surface area contributed by atoms with Crippen LogP contribution in [0.15, 0.2) is 12.2 Å². The van der Waals surface area contributed by atoms with Gasteiger partial charge in [-0.05, 0) is 36.7 Å². The monoisotopic (exact) mass is 248 g/mol. The van der Waals surface area contributed by atoms with Crippen molar-refractivity contribution < 1.29 is 4.79 Å². The first-order valence-corrected chi connectivity index (χ1v) is 7.95. The van der Waals surface area contributed by atoms with Crippen LogP contribution in [-0.4, -0.2) is 5.78 Å². The zero-order valence-electron chi connectivity index (χ0n) is 11.9. The highest BCUT2D eigenvalue weighted by Crippen LogP contribution is 2.37. The predicted octanol–water partition coefficient (Wildman–Crippen LogP) is 4.91. The fraction of sp³-hybridized carbons (Fsp3) is 0.824. The van der Waals surface area contributed by atoms with Crippen LogP contribution in [0.1, 0.15) is 71.1 Å². The van der Waals surface area contributed by atoms with E-state index in [2.05, 4.69) is 13.0 Å². The molecule has 2 aliphatic rings. The van der Waals surface area contributed by atoms with Crippen molar-refractivity contribution in [2.24, 2.45) is 17.8 Å². The molecule has 0 aromatic carbocycles. The fourth-order valence-corrected chi connectivity index (χ4v) is 3.77. The Morgan fingerprint density at radius 3 is 2.56 bits per heavy atom. The van der Waals surface area contributed by atoms with E-state index in [1.54, 1.807) is 0 Å². The van der Waals surface area contributed by atoms with E-state index in [1.807, 2.05) is 6.08 Å². The van der Waals surface area contributed by atoms with E-state index in [0.717, 1.165) is 24.7 Å². The van der Waals surface area contributed by atoms with Gasteiger partial charge in [0.05, 0.1) is 0 Å². The molecule has 1 saturated carbocycles. The maximum absolute atomic E-state index is 11.8. The molecule has 0 N–H and O–H groups in total. The molecule has 0 aromatic rings. The molecule has 0 radical (unpaired) electrons. The van der Waals surface area contributed by atoms with Crippen molar-refractivity contribution in [2.75, 3.05) is 0 Å². The van der Waals surface area contributed by atoms with Crippen LogP contribution in [0.2, 0.25) is 0 Å². The lowest BCUT2D eigenvalue weighted by Gasteiger charge is -2.17. The topological polar surface area (TPSA) is 17.1 Å². The maximum Gasteiger partial charge on any atom is 0.155 e. The summed E-state index contributed by atoms with van der Waals surface area (Å²) >= 11 is 0. The molecule has 0 aromatic heterocycles. The number of fused-ring (bicyclic) bond motifs is 1. The van der Waals surface area contributed by atoms with Crippen molar-refractivity contribution in [3.05, 3.63) is 12.2 Å². The molecule has 1 fully saturated rings. The summed E-state index contributed by atoms with van der Waals surface area (Å²) in [5, 5.41) is 0. The Morgan fingerprint density at radius 1 is 0.944 bits per heavy atom. The third-order valence-corrected chi connectivity index (χ3v) is 4.88. The Balaban J connectivity index is 1.92. The second-order valence-electron chi connectivity index (χ2n) is 6.50. The second-order valence-corrected chi connectivity index (χ2v) is 6.50. The van der Waals surface area contributed by atoms with Gasteiger partial charge in [-0.3, -0.25) is 4.79 Å². The van der Waals surface area contributed by atoms with Crippen molar-refractivity contribution in [1.82, 2.24) is 0 Å². The largest absolute Gasteiger partial charge is 0.295 e. The van der Waals surface area contributed by atoms with Crippen molar-refractivity contribution in [1.29, 1.82) is 0 Å². The molecule has 0 bridgehead atoms. The lowest BCUT2D eigenvalue weighted by molar-refractivity contribution is -0.115. The van der Waals surface area contributed by atoms with Gasteiger partial charge in [0, 0.05) is 6.42 Å². The van der Waals surface area contributed by atoms with Crippen LogP contribution in [-0.2, 0) is 4.79 Å². The maximum atomic E-state index is 11.8. The molecule has 1 heteroatoms. The molecule has 1 nitrogen and oxygen atoms in total. The van der Waals surface area contributed by atoms with Crippen LogP contribution in [0.4, 0.5) is 0 Å². The summed E-state index contributed by atoms with van der Waals surface area (Å²) in [5.41, 5.74) is 0. The van der Waals surface area contributed by atoms with E-state index in [-0.39, 0.29) is 0 Å². The summed E-state index contributed by atoms with van der Waals surface area (Å²) in [4.78, 5) is 11.8. The molecule has 0 heterocycles. The van der Waals surface area contributed by atoms with Gasteiger partial charge >= 0.3 is 0 Å². The zero-order valence-corrected chi connectivity index (χ0v) is 11.9. The summed E-state index contributed by atoms with van der Waals surface area (Å²) in [6, 6.07) is 0. The average Bonchev–Trinajstić information content (AvgIpc) is 2.75. The number of carbonyl (C=O) groups excluding carboxylic acids is 1. The molecule has 3 atom stereocenters. The Kier molecular flexibility index (Phi) is 5.46. The summed E-state index contributed by atoms with van der Waals surface area (Å²) in [7, 11) is 0. The van der Waals surface area contributed by atoms with Gasteiger partial charge in [-0.2, -0.15) is 0 Å². The first kappa shape index (κ1) is 13.8. The van der Waals surface area contributed by atoms with Crippen molar-refractivity contribution in [2.45, 2.75) is 71.1 Å². The number of allylic oxidation sites excluding steroid dienone is 2. The quantitative estimate of drug-likeness (QED) is 0.595. The van der Waals surface area contributed by atoms with Crippen LogP contribution in [0.25, 0.3) is 0 Å². The summed E-state index contributed by atoms with van der Waals surface area (Å²) < 4.78 is 0. The summed E-state index contributed by atoms with van der Waals surface area (Å²) in [6.45, 7) is 2.22. The molecule has 0 aliphatic heterocycles. The molecule has 2 unspecified atom stereocenters. The molecule has 2 aliphatic carbocycles. The van der Waals surface area contributed by atoms with Gasteiger partial charge in [0.25, 0.3) is 0 Å². The van der Waals surface area contributed by atoms with Crippen molar-refractivity contribution in [3.63, 3.8) is 0 Å². The number of carbonyl (C=O) groups is 1. The lowest BCUT2D eigenvalue weighted by atomic mass is 9.88. The van der Waals surface area contributed by atoms with Crippen LogP contribution >= 0.6 is 0 Å². The zero-order chi connectivity index (χ0) is 12.8. The number of hydrogen-bond donors (Lipinski definition) is 0. The average molecular weight is 248 g/mol. The molecule has 0 saturated heterocycles. The molecular weight excluding hydrogens is 220 g/mol. The van der Waals surface area contributed by atoms with Gasteiger partial charge < -0.3 is 0 Å². The summed E-state index contributed by atoms with van der Waals surface area (Å²) in [5.74, 6) is 2.73. The highest BCUT2D eigenvalue weighted by Gasteiger charge is 2.25. The van der Waals surface area contributed by atoms with Crippen LogP contribution in [0.3, 0.4) is 0 Å². The first-order chi connectivity index (χ1) is 8.75. The van der Waals surface area contributed by atoms with Crippen LogP contribution < -0.4 is 0 Å². The van der Waals surface area contributed by atoms with Crippen LogP contribution in [0, 0.1) is 17.8 Å². The van der Waals surface area contributed by atoms with Crippen LogP contribution in [0.5, 0.6) is 0 Å². The Hall–Kier alpha value is -0.590. The Morgan fingerprint density at radius 2 is 1.67 bits per heavy atom. The second kappa shape index (κ2) is 7.11. The normalized spacial score (nSPS) is 37.2. The molecule has 102 valence electrons. The smallest absolute Gasteiger partial charge is 0.155 e. The molecule has 2 rings (SSSR count). The van der Waals surface area contributed by atoms with Gasteiger partial charge in [0.15, 0.2) is 5.78 Å². The lowest BCUT2D eigenvalue weighted by Crippen LogP contribution is -2.07. The SMILES string of the molecule is C[C@H]1CCCCCC2CCCC2C/C=C/C(=O)C1. The van der Waals surface area contributed by atoms with Gasteiger partial charge in [0.1, 0.15) is 0 Å². The van der Waals surface area contributed by atoms with Crippen molar-refractivity contribution >= 4 is 5.78 Å². The van der Waals surface area contributed by atoms with E-state index < -0.39 is 0 Å². The third-order valence-electron chi connectivity index (χ3n) is 4.88. The number of ketones is 1. The Bertz CT molecular complexity index is 292. The highest BCUT2D eigenvalue weighted by atomic mass is 16.1. The van der Waals surface area contributed by atoms with E-state index in [4.69, 9.17) is 0 Å². The molecule has 0 spiro atoms. The fourth-order valence-electron chi connectivity index (χ4n) is 3.77. The number of hydrogen-bond acceptors (Lipinski definition) is 1. The van der Waals surface area contributed by atoms with Gasteiger partial charge in [0.2, 0.25) is 0 Å². The van der Waals surface area contributed by atoms with E-state index in [0.29, 0.717) is 11.7 Å². The van der Waals surface area contributed by atoms with Gasteiger partial charge in [-0.1, -0.05) is 57.9 Å². The third kappa shape index (κ3) is 4.26. The minimum Gasteiger partial charge on any atom is -0.295 e. The first-order valence-electron chi connectivity index (χ1n) is 7.95. The van der Waals surface area contributed by atoms with E-state index in [9.17, 15) is 4.79 Å². The molecule has 18 heavy (non-hydrogen) atoms. The number of rotatable bonds is 0. The molecular formula is C17H28O.